The molecule has 8 nitrogen and oxygen atoms in total. The van der Waals surface area contributed by atoms with E-state index in [-0.39, 0.29) is 27.5 Å². The Bertz CT molecular complexity index is 1360. The minimum absolute atomic E-state index is 0.0137. The van der Waals surface area contributed by atoms with E-state index in [2.05, 4.69) is 25.5 Å². The largest absolute Gasteiger partial charge is 0.504 e. The van der Waals surface area contributed by atoms with Crippen LogP contribution in [-0.2, 0) is 15.4 Å². The Kier molecular flexibility index (Phi) is 8.28. The third kappa shape index (κ3) is 6.29. The molecule has 0 aliphatic heterocycles. The summed E-state index contributed by atoms with van der Waals surface area (Å²) in [5, 5.41) is 10.5. The van der Waals surface area contributed by atoms with Gasteiger partial charge in [-0.05, 0) is 58.5 Å². The number of phenolic OH excluding ortho intramolecular Hbond substituents is 1. The third-order valence-electron chi connectivity index (χ3n) is 5.73. The van der Waals surface area contributed by atoms with E-state index in [1.165, 1.54) is 34.5 Å². The van der Waals surface area contributed by atoms with Gasteiger partial charge in [-0.3, -0.25) is 4.72 Å². The molecule has 37 heavy (non-hydrogen) atoms. The predicted molar refractivity (Wildman–Crippen MR) is 146 cm³/mol. The van der Waals surface area contributed by atoms with Crippen molar-refractivity contribution in [1.29, 1.82) is 0 Å². The highest BCUT2D eigenvalue weighted by atomic mass is 32.2. The van der Waals surface area contributed by atoms with Gasteiger partial charge in [0.05, 0.1) is 39.0 Å². The summed E-state index contributed by atoms with van der Waals surface area (Å²) in [6.45, 7) is 6.17. The van der Waals surface area contributed by atoms with Crippen LogP contribution in [0.3, 0.4) is 0 Å². The fraction of sp³-hybridized carbons (Fsp3) is 0.286. The maximum absolute atomic E-state index is 13.1. The molecule has 9 heteroatoms. The molecule has 0 saturated heterocycles. The molecule has 3 aromatic rings. The van der Waals surface area contributed by atoms with Crippen LogP contribution >= 0.6 is 0 Å². The lowest BCUT2D eigenvalue weighted by Crippen LogP contribution is -2.15. The third-order valence-corrected chi connectivity index (χ3v) is 7.11. The molecular formula is C28H33NO7S. The van der Waals surface area contributed by atoms with Crippen molar-refractivity contribution < 1.29 is 32.5 Å². The summed E-state index contributed by atoms with van der Waals surface area (Å²) in [5.74, 6) is 1.25. The van der Waals surface area contributed by atoms with E-state index in [9.17, 15) is 13.5 Å². The summed E-state index contributed by atoms with van der Waals surface area (Å²) in [6.07, 6.45) is 3.49. The van der Waals surface area contributed by atoms with Gasteiger partial charge in [-0.1, -0.05) is 45.1 Å². The lowest BCUT2D eigenvalue weighted by atomic mass is 9.87. The number of benzene rings is 3. The summed E-state index contributed by atoms with van der Waals surface area (Å²) in [5.41, 5.74) is 2.29. The van der Waals surface area contributed by atoms with Crippen LogP contribution in [0.25, 0.3) is 12.2 Å². The van der Waals surface area contributed by atoms with E-state index < -0.39 is 10.0 Å². The number of sulfonamides is 1. The lowest BCUT2D eigenvalue weighted by Gasteiger charge is -2.19. The number of nitrogens with one attached hydrogen (secondary N) is 1. The molecule has 198 valence electrons. The SMILES string of the molecule is COc1cc(/C=C\c2cc(O)c(OC)c(NS(=O)(=O)c3ccc(C(C)(C)C)cc3)c2)cc(OC)c1OC. The first kappa shape index (κ1) is 27.7. The van der Waals surface area contributed by atoms with Crippen molar-refractivity contribution >= 4 is 27.9 Å². The lowest BCUT2D eigenvalue weighted by molar-refractivity contribution is 0.324. The summed E-state index contributed by atoms with van der Waals surface area (Å²) < 4.78 is 50.2. The Balaban J connectivity index is 1.97. The Hall–Kier alpha value is -3.85. The molecule has 3 aromatic carbocycles. The molecule has 0 amide bonds. The summed E-state index contributed by atoms with van der Waals surface area (Å²) in [6, 6.07) is 13.3. The van der Waals surface area contributed by atoms with Gasteiger partial charge in [0.1, 0.15) is 0 Å². The first-order valence-electron chi connectivity index (χ1n) is 11.5. The van der Waals surface area contributed by atoms with Gasteiger partial charge >= 0.3 is 0 Å². The molecule has 0 atom stereocenters. The summed E-state index contributed by atoms with van der Waals surface area (Å²) >= 11 is 0. The van der Waals surface area contributed by atoms with Gasteiger partial charge in [0.25, 0.3) is 10.0 Å². The minimum Gasteiger partial charge on any atom is -0.504 e. The Morgan fingerprint density at radius 3 is 1.73 bits per heavy atom. The van der Waals surface area contributed by atoms with Gasteiger partial charge in [-0.15, -0.1) is 0 Å². The van der Waals surface area contributed by atoms with Crippen LogP contribution in [0.15, 0.2) is 53.4 Å². The van der Waals surface area contributed by atoms with Gasteiger partial charge in [0.2, 0.25) is 5.75 Å². The van der Waals surface area contributed by atoms with Crippen molar-refractivity contribution in [1.82, 2.24) is 0 Å². The van der Waals surface area contributed by atoms with Crippen LogP contribution in [-0.4, -0.2) is 42.0 Å². The van der Waals surface area contributed by atoms with Crippen LogP contribution in [0.4, 0.5) is 5.69 Å². The van der Waals surface area contributed by atoms with Crippen molar-refractivity contribution in [3.63, 3.8) is 0 Å². The topological polar surface area (TPSA) is 103 Å². The van der Waals surface area contributed by atoms with Crippen molar-refractivity contribution in [2.75, 3.05) is 33.2 Å². The van der Waals surface area contributed by atoms with Crippen molar-refractivity contribution in [2.24, 2.45) is 0 Å². The highest BCUT2D eigenvalue weighted by molar-refractivity contribution is 7.92. The number of hydrogen-bond acceptors (Lipinski definition) is 7. The standard InChI is InChI=1S/C28H33NO7S/c1-28(2,3)20-10-12-21(13-11-20)37(31,32)29-22-14-18(15-23(30)26(22)35-6)8-9-19-16-24(33-4)27(36-7)25(17-19)34-5/h8-17,29-30H,1-7H3/b9-8-. The van der Waals surface area contributed by atoms with Crippen molar-refractivity contribution in [2.45, 2.75) is 31.1 Å². The summed E-state index contributed by atoms with van der Waals surface area (Å²) in [7, 11) is 1.99. The van der Waals surface area contributed by atoms with Gasteiger partial charge in [0.15, 0.2) is 23.0 Å². The average Bonchev–Trinajstić information content (AvgIpc) is 2.86. The van der Waals surface area contributed by atoms with Crippen LogP contribution in [0, 0.1) is 0 Å². The average molecular weight is 528 g/mol. The van der Waals surface area contributed by atoms with E-state index in [0.717, 1.165) is 11.1 Å². The van der Waals surface area contributed by atoms with Crippen molar-refractivity contribution in [3.05, 3.63) is 65.2 Å². The first-order chi connectivity index (χ1) is 17.4. The number of aromatic hydroxyl groups is 1. The second-order valence-corrected chi connectivity index (χ2v) is 11.0. The first-order valence-corrected chi connectivity index (χ1v) is 12.9. The molecule has 2 N–H and O–H groups in total. The smallest absolute Gasteiger partial charge is 0.262 e. The molecule has 0 spiro atoms. The fourth-order valence-corrected chi connectivity index (χ4v) is 4.80. The number of rotatable bonds is 9. The van der Waals surface area contributed by atoms with E-state index in [0.29, 0.717) is 22.8 Å². The molecule has 0 fully saturated rings. The van der Waals surface area contributed by atoms with Crippen LogP contribution < -0.4 is 23.7 Å². The maximum atomic E-state index is 13.1. The van der Waals surface area contributed by atoms with E-state index in [1.807, 2.05) is 0 Å². The normalized spacial score (nSPS) is 11.9. The molecule has 0 aliphatic carbocycles. The molecule has 0 heterocycles. The van der Waals surface area contributed by atoms with Crippen LogP contribution in [0.1, 0.15) is 37.5 Å². The van der Waals surface area contributed by atoms with Gasteiger partial charge in [-0.2, -0.15) is 0 Å². The number of phenols is 1. The maximum Gasteiger partial charge on any atom is 0.262 e. The second-order valence-electron chi connectivity index (χ2n) is 9.29. The molecule has 3 rings (SSSR count). The monoisotopic (exact) mass is 527 g/mol. The van der Waals surface area contributed by atoms with Gasteiger partial charge in [-0.25, -0.2) is 8.42 Å². The molecule has 0 radical (unpaired) electrons. The van der Waals surface area contributed by atoms with E-state index in [4.69, 9.17) is 18.9 Å². The Labute approximate surface area is 218 Å². The van der Waals surface area contributed by atoms with Crippen LogP contribution in [0.5, 0.6) is 28.7 Å². The predicted octanol–water partition coefficient (Wildman–Crippen LogP) is 5.70. The minimum atomic E-state index is -3.95. The molecule has 0 saturated carbocycles. The molecule has 0 aliphatic rings. The van der Waals surface area contributed by atoms with Gasteiger partial charge < -0.3 is 24.1 Å². The van der Waals surface area contributed by atoms with Gasteiger partial charge in [0, 0.05) is 0 Å². The highest BCUT2D eigenvalue weighted by Crippen LogP contribution is 2.40. The summed E-state index contributed by atoms with van der Waals surface area (Å²) in [4.78, 5) is 0.0976. The molecule has 0 aromatic heterocycles. The second kappa shape index (κ2) is 11.0. The van der Waals surface area contributed by atoms with E-state index in [1.54, 1.807) is 54.6 Å². The Morgan fingerprint density at radius 2 is 1.27 bits per heavy atom. The Morgan fingerprint density at radius 1 is 0.757 bits per heavy atom. The number of hydrogen-bond donors (Lipinski definition) is 2. The van der Waals surface area contributed by atoms with Crippen molar-refractivity contribution in [3.8, 4) is 28.7 Å². The van der Waals surface area contributed by atoms with E-state index >= 15 is 0 Å². The fourth-order valence-electron chi connectivity index (χ4n) is 3.75. The zero-order valence-electron chi connectivity index (χ0n) is 22.1. The van der Waals surface area contributed by atoms with Crippen LogP contribution in [0.2, 0.25) is 0 Å². The number of ether oxygens (including phenoxy) is 4. The number of methoxy groups -OCH3 is 4. The molecule has 0 unspecified atom stereocenters. The highest BCUT2D eigenvalue weighted by Gasteiger charge is 2.21. The molecule has 0 bridgehead atoms. The quantitative estimate of drug-likeness (QED) is 0.344. The number of anilines is 1. The molecular weight excluding hydrogens is 494 g/mol. The zero-order valence-corrected chi connectivity index (χ0v) is 22.9. The zero-order chi connectivity index (χ0) is 27.4.